The third kappa shape index (κ3) is 3.66. The van der Waals surface area contributed by atoms with Crippen molar-refractivity contribution < 1.29 is 22.9 Å². The van der Waals surface area contributed by atoms with Gasteiger partial charge in [0.05, 0.1) is 10.5 Å². The van der Waals surface area contributed by atoms with Crippen LogP contribution in [0, 0.1) is 10.1 Å². The first-order valence-electron chi connectivity index (χ1n) is 6.18. The van der Waals surface area contributed by atoms with E-state index in [4.69, 9.17) is 5.73 Å². The van der Waals surface area contributed by atoms with Gasteiger partial charge in [0.15, 0.2) is 11.5 Å². The highest BCUT2D eigenvalue weighted by Gasteiger charge is 2.33. The molecule has 0 saturated heterocycles. The highest BCUT2D eigenvalue weighted by atomic mass is 19.4. The maximum Gasteiger partial charge on any atom is 0.416 e. The summed E-state index contributed by atoms with van der Waals surface area (Å²) in [6.07, 6.45) is -2.29. The minimum Gasteiger partial charge on any atom is -0.382 e. The summed E-state index contributed by atoms with van der Waals surface area (Å²) in [5.74, 6) is -1.05. The lowest BCUT2D eigenvalue weighted by atomic mass is 10.1. The quantitative estimate of drug-likeness (QED) is 0.568. The van der Waals surface area contributed by atoms with E-state index in [2.05, 4.69) is 20.8 Å². The molecular weight excluding hydrogens is 333 g/mol. The molecule has 9 nitrogen and oxygen atoms in total. The number of aromatic nitrogens is 2. The number of alkyl halides is 3. The van der Waals surface area contributed by atoms with Crippen molar-refractivity contribution in [2.75, 3.05) is 11.2 Å². The van der Waals surface area contributed by atoms with E-state index in [0.717, 1.165) is 6.07 Å². The fourth-order valence-corrected chi connectivity index (χ4v) is 1.67. The van der Waals surface area contributed by atoms with Crippen LogP contribution in [-0.4, -0.2) is 20.8 Å². The molecule has 0 unspecified atom stereocenters. The molecule has 0 spiro atoms. The third-order valence-corrected chi connectivity index (χ3v) is 2.77. The number of amides is 1. The second-order valence-electron chi connectivity index (χ2n) is 4.36. The fourth-order valence-electron chi connectivity index (χ4n) is 1.67. The number of halogens is 3. The number of nitrogens with zero attached hydrogens (tertiary/aromatic N) is 3. The van der Waals surface area contributed by atoms with Crippen LogP contribution in [0.3, 0.4) is 0 Å². The number of nitrogens with one attached hydrogen (secondary N) is 2. The number of nitro groups is 1. The first-order valence-corrected chi connectivity index (χ1v) is 6.18. The Kier molecular flexibility index (Phi) is 4.48. The van der Waals surface area contributed by atoms with Gasteiger partial charge >= 0.3 is 6.18 Å². The van der Waals surface area contributed by atoms with Crippen molar-refractivity contribution in [3.8, 4) is 0 Å². The lowest BCUT2D eigenvalue weighted by Gasteiger charge is -2.11. The molecule has 24 heavy (non-hydrogen) atoms. The molecule has 1 amide bonds. The first-order chi connectivity index (χ1) is 11.2. The number of carbonyl (C=O) groups excluding carboxylic acids is 1. The Morgan fingerprint density at radius 1 is 1.25 bits per heavy atom. The second-order valence-corrected chi connectivity index (χ2v) is 4.36. The Balaban J connectivity index is 2.22. The second kappa shape index (κ2) is 6.36. The predicted octanol–water partition coefficient (Wildman–Crippen LogP) is 1.74. The first kappa shape index (κ1) is 16.9. The minimum absolute atomic E-state index is 0.182. The van der Waals surface area contributed by atoms with Crippen LogP contribution in [0.5, 0.6) is 0 Å². The van der Waals surface area contributed by atoms with Gasteiger partial charge in [-0.05, 0) is 12.1 Å². The number of anilines is 2. The van der Waals surface area contributed by atoms with Crippen LogP contribution in [0.4, 0.5) is 30.4 Å². The molecule has 0 bridgehead atoms. The highest BCUT2D eigenvalue weighted by molar-refractivity contribution is 5.96. The Morgan fingerprint density at radius 2 is 1.92 bits per heavy atom. The smallest absolute Gasteiger partial charge is 0.382 e. The molecular formula is C12H9F3N6O3. The van der Waals surface area contributed by atoms with Gasteiger partial charge in [-0.2, -0.15) is 13.2 Å². The zero-order chi connectivity index (χ0) is 17.9. The van der Waals surface area contributed by atoms with E-state index in [1.807, 2.05) is 0 Å². The standard InChI is InChI=1S/C12H9F3N6O3/c13-12(14,15)6-1-2-7(8(5-6)21(23)24)19-20-11(22)9-10(16)18-4-3-17-9/h1-5,19H,(H2,16,18)(H,20,22). The van der Waals surface area contributed by atoms with Crippen LogP contribution in [0.15, 0.2) is 30.6 Å². The van der Waals surface area contributed by atoms with Crippen molar-refractivity contribution in [3.05, 3.63) is 52.0 Å². The number of nitrogens with two attached hydrogens (primary N) is 1. The summed E-state index contributed by atoms with van der Waals surface area (Å²) >= 11 is 0. The number of hydrogen-bond acceptors (Lipinski definition) is 7. The number of nitro benzene ring substituents is 1. The molecule has 1 aromatic heterocycles. The molecule has 0 fully saturated rings. The zero-order valence-electron chi connectivity index (χ0n) is 11.7. The number of rotatable bonds is 4. The maximum atomic E-state index is 12.6. The Hall–Kier alpha value is -3.44. The highest BCUT2D eigenvalue weighted by Crippen LogP contribution is 2.34. The molecule has 2 aromatic rings. The molecule has 1 heterocycles. The molecule has 0 aliphatic rings. The van der Waals surface area contributed by atoms with E-state index in [-0.39, 0.29) is 17.2 Å². The van der Waals surface area contributed by atoms with E-state index < -0.39 is 28.3 Å². The average molecular weight is 342 g/mol. The van der Waals surface area contributed by atoms with Crippen LogP contribution in [0.25, 0.3) is 0 Å². The zero-order valence-corrected chi connectivity index (χ0v) is 11.7. The molecule has 1 aromatic carbocycles. The van der Waals surface area contributed by atoms with Crippen molar-refractivity contribution >= 4 is 23.1 Å². The van der Waals surface area contributed by atoms with E-state index in [0.29, 0.717) is 12.1 Å². The maximum absolute atomic E-state index is 12.6. The summed E-state index contributed by atoms with van der Waals surface area (Å²) in [6.45, 7) is 0. The normalized spacial score (nSPS) is 11.0. The number of hydrogen-bond donors (Lipinski definition) is 3. The molecule has 126 valence electrons. The largest absolute Gasteiger partial charge is 0.416 e. The number of nitrogen functional groups attached to an aromatic ring is 1. The predicted molar refractivity (Wildman–Crippen MR) is 75.6 cm³/mol. The van der Waals surface area contributed by atoms with E-state index >= 15 is 0 Å². The van der Waals surface area contributed by atoms with E-state index in [1.54, 1.807) is 0 Å². The van der Waals surface area contributed by atoms with Crippen LogP contribution >= 0.6 is 0 Å². The monoisotopic (exact) mass is 342 g/mol. The van der Waals surface area contributed by atoms with Crippen molar-refractivity contribution in [2.45, 2.75) is 6.18 Å². The van der Waals surface area contributed by atoms with Gasteiger partial charge in [-0.25, -0.2) is 9.97 Å². The summed E-state index contributed by atoms with van der Waals surface area (Å²) in [4.78, 5) is 29.0. The van der Waals surface area contributed by atoms with Crippen molar-refractivity contribution in [1.82, 2.24) is 15.4 Å². The molecule has 0 radical (unpaired) electrons. The van der Waals surface area contributed by atoms with Gasteiger partial charge in [-0.3, -0.25) is 25.8 Å². The average Bonchev–Trinajstić information content (AvgIpc) is 2.51. The van der Waals surface area contributed by atoms with Crippen LogP contribution < -0.4 is 16.6 Å². The molecule has 2 rings (SSSR count). The SMILES string of the molecule is Nc1nccnc1C(=O)NNc1ccc(C(F)(F)F)cc1[N+](=O)[O-]. The lowest BCUT2D eigenvalue weighted by molar-refractivity contribution is -0.384. The number of carbonyl (C=O) groups is 1. The molecule has 0 aliphatic carbocycles. The van der Waals surface area contributed by atoms with Crippen molar-refractivity contribution in [2.24, 2.45) is 0 Å². The van der Waals surface area contributed by atoms with Gasteiger partial charge in [0.1, 0.15) is 5.69 Å². The number of benzene rings is 1. The topological polar surface area (TPSA) is 136 Å². The fraction of sp³-hybridized carbons (Fsp3) is 0.0833. The minimum atomic E-state index is -4.74. The molecule has 0 atom stereocenters. The number of hydrazine groups is 1. The summed E-state index contributed by atoms with van der Waals surface area (Å²) in [7, 11) is 0. The Bertz CT molecular complexity index is 796. The van der Waals surface area contributed by atoms with Gasteiger partial charge in [-0.15, -0.1) is 0 Å². The summed E-state index contributed by atoms with van der Waals surface area (Å²) in [5, 5.41) is 10.9. The summed E-state index contributed by atoms with van der Waals surface area (Å²) < 4.78 is 37.8. The summed E-state index contributed by atoms with van der Waals surface area (Å²) in [6, 6.07) is 1.81. The van der Waals surface area contributed by atoms with Gasteiger partial charge in [-0.1, -0.05) is 0 Å². The van der Waals surface area contributed by atoms with Crippen LogP contribution in [0.1, 0.15) is 16.1 Å². The molecule has 4 N–H and O–H groups in total. The van der Waals surface area contributed by atoms with Gasteiger partial charge in [0.25, 0.3) is 11.6 Å². The summed E-state index contributed by atoms with van der Waals surface area (Å²) in [5.41, 5.74) is 7.01. The molecule has 0 saturated carbocycles. The lowest BCUT2D eigenvalue weighted by Crippen LogP contribution is -2.31. The third-order valence-electron chi connectivity index (χ3n) is 2.77. The Morgan fingerprint density at radius 3 is 2.50 bits per heavy atom. The van der Waals surface area contributed by atoms with Crippen LogP contribution in [-0.2, 0) is 6.18 Å². The van der Waals surface area contributed by atoms with E-state index in [9.17, 15) is 28.1 Å². The van der Waals surface area contributed by atoms with Crippen molar-refractivity contribution in [3.63, 3.8) is 0 Å². The molecule has 0 aliphatic heterocycles. The van der Waals surface area contributed by atoms with Gasteiger partial charge < -0.3 is 5.73 Å². The Labute approximate surface area is 131 Å². The van der Waals surface area contributed by atoms with E-state index in [1.165, 1.54) is 12.4 Å². The van der Waals surface area contributed by atoms with Crippen LogP contribution in [0.2, 0.25) is 0 Å². The van der Waals surface area contributed by atoms with Crippen molar-refractivity contribution in [1.29, 1.82) is 0 Å². The molecule has 12 heteroatoms. The van der Waals surface area contributed by atoms with Gasteiger partial charge in [0.2, 0.25) is 0 Å². The van der Waals surface area contributed by atoms with Gasteiger partial charge in [0, 0.05) is 18.5 Å².